The lowest BCUT2D eigenvalue weighted by Gasteiger charge is -2.39. The van der Waals surface area contributed by atoms with Crippen LogP contribution in [-0.2, 0) is 19.4 Å². The normalized spacial score (nSPS) is 31.9. The first-order valence-electron chi connectivity index (χ1n) is 7.00. The maximum Gasteiger partial charge on any atom is 0.466 e. The smallest absolute Gasteiger partial charge is 0.396 e. The molecular formula is C11H21NO10S2. The molecule has 0 amide bonds. The van der Waals surface area contributed by atoms with Crippen molar-refractivity contribution in [1.29, 1.82) is 0 Å². The molecule has 1 fully saturated rings. The fourth-order valence-corrected chi connectivity index (χ4v) is 3.24. The summed E-state index contributed by atoms with van der Waals surface area (Å²) in [5.74, 6) is 0. The average Bonchev–Trinajstić information content (AvgIpc) is 2.52. The van der Waals surface area contributed by atoms with Crippen LogP contribution in [0, 0.1) is 0 Å². The van der Waals surface area contributed by atoms with Gasteiger partial charge in [-0.1, -0.05) is 16.9 Å². The molecule has 5 atom stereocenters. The summed E-state index contributed by atoms with van der Waals surface area (Å²) >= 11 is 0.703. The van der Waals surface area contributed by atoms with Crippen molar-refractivity contribution in [1.82, 2.24) is 0 Å². The molecule has 0 saturated carbocycles. The number of oxime groups is 1. The van der Waals surface area contributed by atoms with Crippen molar-refractivity contribution in [2.75, 3.05) is 13.2 Å². The van der Waals surface area contributed by atoms with Gasteiger partial charge in [0.15, 0.2) is 0 Å². The molecule has 1 aliphatic heterocycles. The molecule has 0 aromatic heterocycles. The molecule has 0 unspecified atom stereocenters. The van der Waals surface area contributed by atoms with Crippen LogP contribution in [0.2, 0.25) is 0 Å². The van der Waals surface area contributed by atoms with Gasteiger partial charge in [0.1, 0.15) is 34.9 Å². The Morgan fingerprint density at radius 1 is 1.12 bits per heavy atom. The van der Waals surface area contributed by atoms with Gasteiger partial charge >= 0.3 is 10.4 Å². The second-order valence-corrected chi connectivity index (χ2v) is 7.16. The second-order valence-electron chi connectivity index (χ2n) is 4.98. The van der Waals surface area contributed by atoms with Crippen molar-refractivity contribution in [3.05, 3.63) is 0 Å². The number of aliphatic hydroxyl groups is 5. The maximum absolute atomic E-state index is 10.6. The Morgan fingerprint density at radius 2 is 1.79 bits per heavy atom. The molecule has 0 bridgehead atoms. The molecule has 0 aliphatic carbocycles. The summed E-state index contributed by atoms with van der Waals surface area (Å²) in [5.41, 5.74) is -1.17. The van der Waals surface area contributed by atoms with Crippen molar-refractivity contribution in [2.45, 2.75) is 49.1 Å². The van der Waals surface area contributed by atoms with Gasteiger partial charge in [-0.05, 0) is 19.3 Å². The van der Waals surface area contributed by atoms with Crippen LogP contribution in [0.1, 0.15) is 19.3 Å². The number of unbranched alkanes of at least 4 members (excludes halogenated alkanes) is 1. The molecule has 0 aromatic carbocycles. The van der Waals surface area contributed by atoms with Crippen LogP contribution in [0.4, 0.5) is 0 Å². The standard InChI is InChI=1S/C11H21NO10S2/c13-4-2-1-3-7(12-22-24(18,19)20)23-11-10(17)9(16)8(15)6(5-14)21-11/h6,8-11,13-17H,1-5H2,(H,18,19,20)/b12-7+/t6-,8-,9+,10-,11-/m0/s1. The highest BCUT2D eigenvalue weighted by Gasteiger charge is 2.44. The number of aliphatic hydroxyl groups excluding tert-OH is 5. The van der Waals surface area contributed by atoms with E-state index < -0.39 is 46.9 Å². The average molecular weight is 391 g/mol. The van der Waals surface area contributed by atoms with Crippen LogP contribution in [-0.4, -0.2) is 86.6 Å². The van der Waals surface area contributed by atoms with Gasteiger partial charge in [0, 0.05) is 6.61 Å². The van der Waals surface area contributed by atoms with E-state index in [-0.39, 0.29) is 18.1 Å². The van der Waals surface area contributed by atoms with Gasteiger partial charge in [0.25, 0.3) is 0 Å². The Morgan fingerprint density at radius 3 is 2.33 bits per heavy atom. The van der Waals surface area contributed by atoms with Crippen LogP contribution in [0.5, 0.6) is 0 Å². The number of thioether (sulfide) groups is 1. The zero-order valence-electron chi connectivity index (χ0n) is 12.5. The molecule has 11 nitrogen and oxygen atoms in total. The summed E-state index contributed by atoms with van der Waals surface area (Å²) < 4.78 is 39.0. The maximum atomic E-state index is 10.6. The lowest BCUT2D eigenvalue weighted by molar-refractivity contribution is -0.205. The zero-order valence-corrected chi connectivity index (χ0v) is 14.1. The van der Waals surface area contributed by atoms with Crippen LogP contribution < -0.4 is 0 Å². The molecule has 0 radical (unpaired) electrons. The first-order chi connectivity index (χ1) is 11.2. The van der Waals surface area contributed by atoms with E-state index in [0.29, 0.717) is 24.6 Å². The molecule has 24 heavy (non-hydrogen) atoms. The molecule has 1 saturated heterocycles. The summed E-state index contributed by atoms with van der Waals surface area (Å²) in [6.45, 7) is -0.711. The lowest BCUT2D eigenvalue weighted by Crippen LogP contribution is -2.57. The predicted octanol–water partition coefficient (Wildman–Crippen LogP) is -2.18. The topological polar surface area (TPSA) is 186 Å². The van der Waals surface area contributed by atoms with Gasteiger partial charge in [-0.25, -0.2) is 4.28 Å². The third-order valence-corrected chi connectivity index (χ3v) is 4.57. The summed E-state index contributed by atoms with van der Waals surface area (Å²) in [5, 5.41) is 50.5. The SMILES string of the molecule is O=S(=O)(O)O/N=C(\CCCCO)S[C@@H]1O[C@@H](CO)[C@H](O)[C@@H](O)[C@@H]1O. The predicted molar refractivity (Wildman–Crippen MR) is 82.4 cm³/mol. The number of hydrogen-bond donors (Lipinski definition) is 6. The monoisotopic (exact) mass is 391 g/mol. The summed E-state index contributed by atoms with van der Waals surface area (Å²) in [6, 6.07) is 0. The minimum Gasteiger partial charge on any atom is -0.396 e. The number of rotatable bonds is 8. The van der Waals surface area contributed by atoms with E-state index in [1.165, 1.54) is 0 Å². The van der Waals surface area contributed by atoms with E-state index in [4.69, 9.17) is 19.5 Å². The molecule has 1 heterocycles. The fraction of sp³-hybridized carbons (Fsp3) is 0.909. The number of hydrogen-bond acceptors (Lipinski definition) is 11. The fourth-order valence-electron chi connectivity index (χ4n) is 1.90. The van der Waals surface area contributed by atoms with Gasteiger partial charge in [-0.2, -0.15) is 8.42 Å². The number of ether oxygens (including phenoxy) is 1. The van der Waals surface area contributed by atoms with Gasteiger partial charge in [0.2, 0.25) is 0 Å². The lowest BCUT2D eigenvalue weighted by atomic mass is 10.0. The van der Waals surface area contributed by atoms with Gasteiger partial charge in [-0.15, -0.1) is 0 Å². The quantitative estimate of drug-likeness (QED) is 0.0867. The first-order valence-corrected chi connectivity index (χ1v) is 9.25. The van der Waals surface area contributed by atoms with Crippen LogP contribution in [0.3, 0.4) is 0 Å². The van der Waals surface area contributed by atoms with Crippen molar-refractivity contribution in [3.63, 3.8) is 0 Å². The van der Waals surface area contributed by atoms with Crippen molar-refractivity contribution in [3.8, 4) is 0 Å². The van der Waals surface area contributed by atoms with Gasteiger partial charge in [0.05, 0.1) is 6.61 Å². The highest BCUT2D eigenvalue weighted by Crippen LogP contribution is 2.30. The van der Waals surface area contributed by atoms with Gasteiger partial charge in [-0.3, -0.25) is 4.55 Å². The molecule has 0 aromatic rings. The molecule has 1 aliphatic rings. The van der Waals surface area contributed by atoms with Crippen LogP contribution in [0.15, 0.2) is 5.16 Å². The number of nitrogens with zero attached hydrogens (tertiary/aromatic N) is 1. The van der Waals surface area contributed by atoms with E-state index in [1.54, 1.807) is 0 Å². The largest absolute Gasteiger partial charge is 0.466 e. The molecular weight excluding hydrogens is 370 g/mol. The Kier molecular flexibility index (Phi) is 8.83. The van der Waals surface area contributed by atoms with Crippen LogP contribution in [0.25, 0.3) is 0 Å². The third-order valence-electron chi connectivity index (χ3n) is 3.13. The molecule has 13 heteroatoms. The van der Waals surface area contributed by atoms with E-state index >= 15 is 0 Å². The summed E-state index contributed by atoms with van der Waals surface area (Å²) in [4.78, 5) is 0. The van der Waals surface area contributed by atoms with E-state index in [1.807, 2.05) is 0 Å². The van der Waals surface area contributed by atoms with Crippen LogP contribution >= 0.6 is 11.8 Å². The molecule has 0 spiro atoms. The van der Waals surface area contributed by atoms with E-state index in [2.05, 4.69) is 9.44 Å². The second kappa shape index (κ2) is 9.84. The molecule has 6 N–H and O–H groups in total. The van der Waals surface area contributed by atoms with Gasteiger partial charge < -0.3 is 30.3 Å². The zero-order chi connectivity index (χ0) is 18.3. The van der Waals surface area contributed by atoms with E-state index in [0.717, 1.165) is 0 Å². The van der Waals surface area contributed by atoms with E-state index in [9.17, 15) is 23.7 Å². The molecule has 142 valence electrons. The molecule has 1 rings (SSSR count). The Labute approximate surface area is 142 Å². The minimum atomic E-state index is -4.82. The Hall–Kier alpha value is -0.510. The Bertz CT molecular complexity index is 511. The highest BCUT2D eigenvalue weighted by molar-refractivity contribution is 8.14. The minimum absolute atomic E-state index is 0.00500. The van der Waals surface area contributed by atoms with Crippen molar-refractivity contribution in [2.24, 2.45) is 5.16 Å². The first kappa shape index (κ1) is 21.5. The third kappa shape index (κ3) is 6.78. The van der Waals surface area contributed by atoms with Crippen molar-refractivity contribution < 1.29 is 47.5 Å². The Balaban J connectivity index is 2.82. The van der Waals surface area contributed by atoms with Crippen molar-refractivity contribution >= 4 is 27.2 Å². The summed E-state index contributed by atoms with van der Waals surface area (Å²) in [7, 11) is -4.82. The highest BCUT2D eigenvalue weighted by atomic mass is 32.3. The summed E-state index contributed by atoms with van der Waals surface area (Å²) in [6.07, 6.45) is -4.85.